The third-order valence-electron chi connectivity index (χ3n) is 5.09. The molecule has 5 nitrogen and oxygen atoms in total. The second kappa shape index (κ2) is 8.31. The Kier molecular flexibility index (Phi) is 6.07. The first-order chi connectivity index (χ1) is 13.0. The van der Waals surface area contributed by atoms with Gasteiger partial charge in [0, 0.05) is 12.6 Å². The zero-order valence-electron chi connectivity index (χ0n) is 16.1. The van der Waals surface area contributed by atoms with Crippen LogP contribution >= 0.6 is 0 Å². The Balaban J connectivity index is 2.09. The van der Waals surface area contributed by atoms with Crippen LogP contribution in [0.4, 0.5) is 0 Å². The van der Waals surface area contributed by atoms with Crippen molar-refractivity contribution >= 4 is 10.0 Å². The van der Waals surface area contributed by atoms with E-state index in [-0.39, 0.29) is 10.9 Å². The summed E-state index contributed by atoms with van der Waals surface area (Å²) in [6.07, 6.45) is 3.71. The summed E-state index contributed by atoms with van der Waals surface area (Å²) in [5, 5.41) is 0. The number of rotatable bonds is 5. The van der Waals surface area contributed by atoms with Crippen LogP contribution in [0.3, 0.4) is 0 Å². The molecule has 0 unspecified atom stereocenters. The molecule has 3 rings (SSSR count). The smallest absolute Gasteiger partial charge is 0.247 e. The second-order valence-corrected chi connectivity index (χ2v) is 8.77. The summed E-state index contributed by atoms with van der Waals surface area (Å²) < 4.78 is 39.5. The fraction of sp³-hybridized carbons (Fsp3) is 0.429. The van der Waals surface area contributed by atoms with Crippen molar-refractivity contribution in [2.75, 3.05) is 20.8 Å². The average molecular weight is 390 g/mol. The van der Waals surface area contributed by atoms with E-state index in [0.29, 0.717) is 18.0 Å². The van der Waals surface area contributed by atoms with E-state index in [9.17, 15) is 8.42 Å². The molecule has 1 atom stereocenters. The molecule has 1 aliphatic heterocycles. The van der Waals surface area contributed by atoms with E-state index in [1.165, 1.54) is 14.2 Å². The molecule has 1 heterocycles. The first-order valence-corrected chi connectivity index (χ1v) is 10.7. The molecule has 1 fully saturated rings. The molecular weight excluding hydrogens is 362 g/mol. The van der Waals surface area contributed by atoms with Gasteiger partial charge >= 0.3 is 0 Å². The van der Waals surface area contributed by atoms with Crippen molar-refractivity contribution in [3.05, 3.63) is 53.6 Å². The van der Waals surface area contributed by atoms with E-state index in [0.717, 1.165) is 36.8 Å². The average Bonchev–Trinajstić information content (AvgIpc) is 2.94. The Morgan fingerprint density at radius 2 is 1.81 bits per heavy atom. The predicted octanol–water partition coefficient (Wildman–Crippen LogP) is 4.32. The lowest BCUT2D eigenvalue weighted by Gasteiger charge is -2.30. The van der Waals surface area contributed by atoms with E-state index in [4.69, 9.17) is 9.47 Å². The molecule has 2 aromatic carbocycles. The number of hydrogen-bond acceptors (Lipinski definition) is 4. The van der Waals surface area contributed by atoms with Gasteiger partial charge in [0.2, 0.25) is 10.0 Å². The highest BCUT2D eigenvalue weighted by Crippen LogP contribution is 2.38. The highest BCUT2D eigenvalue weighted by molar-refractivity contribution is 7.89. The van der Waals surface area contributed by atoms with Gasteiger partial charge in [0.05, 0.1) is 20.3 Å². The quantitative estimate of drug-likeness (QED) is 0.764. The van der Waals surface area contributed by atoms with Crippen LogP contribution in [0, 0.1) is 6.92 Å². The minimum atomic E-state index is -3.74. The molecule has 0 spiro atoms. The van der Waals surface area contributed by atoms with Gasteiger partial charge in [-0.1, -0.05) is 42.7 Å². The standard InChI is InChI=1S/C21H27NO4S/c1-16-8-7-9-17(14-16)19-10-5-4-6-13-22(19)27(23,24)21-15-18(25-2)11-12-20(21)26-3/h7-9,11-12,14-15,19H,4-6,10,13H2,1-3H3/t19-/m1/s1. The molecule has 0 aliphatic carbocycles. The van der Waals surface area contributed by atoms with Crippen molar-refractivity contribution in [1.82, 2.24) is 4.31 Å². The summed E-state index contributed by atoms with van der Waals surface area (Å²) in [7, 11) is -0.728. The molecule has 27 heavy (non-hydrogen) atoms. The Labute approximate surface area is 162 Å². The van der Waals surface area contributed by atoms with Crippen LogP contribution in [0.25, 0.3) is 0 Å². The molecule has 2 aromatic rings. The van der Waals surface area contributed by atoms with E-state index in [2.05, 4.69) is 6.07 Å². The van der Waals surface area contributed by atoms with Crippen LogP contribution in [0.2, 0.25) is 0 Å². The Bertz CT molecular complexity index is 895. The number of sulfonamides is 1. The number of aryl methyl sites for hydroxylation is 1. The van der Waals surface area contributed by atoms with Crippen LogP contribution < -0.4 is 9.47 Å². The fourth-order valence-electron chi connectivity index (χ4n) is 3.69. The van der Waals surface area contributed by atoms with E-state index < -0.39 is 10.0 Å². The van der Waals surface area contributed by atoms with E-state index >= 15 is 0 Å². The van der Waals surface area contributed by atoms with Crippen LogP contribution in [0.5, 0.6) is 11.5 Å². The lowest BCUT2D eigenvalue weighted by molar-refractivity contribution is 0.325. The lowest BCUT2D eigenvalue weighted by Crippen LogP contribution is -2.35. The summed E-state index contributed by atoms with van der Waals surface area (Å²) in [5.41, 5.74) is 2.18. The van der Waals surface area contributed by atoms with Gasteiger partial charge in [0.25, 0.3) is 0 Å². The van der Waals surface area contributed by atoms with Gasteiger partial charge in [-0.15, -0.1) is 0 Å². The minimum Gasteiger partial charge on any atom is -0.497 e. The van der Waals surface area contributed by atoms with Gasteiger partial charge in [0.15, 0.2) is 0 Å². The molecule has 0 bridgehead atoms. The molecule has 1 aliphatic rings. The van der Waals surface area contributed by atoms with Gasteiger partial charge in [-0.05, 0) is 37.5 Å². The lowest BCUT2D eigenvalue weighted by atomic mass is 10.0. The minimum absolute atomic E-state index is 0.156. The maximum Gasteiger partial charge on any atom is 0.247 e. The Hall–Kier alpha value is -2.05. The van der Waals surface area contributed by atoms with Crippen LogP contribution in [-0.2, 0) is 10.0 Å². The summed E-state index contributed by atoms with van der Waals surface area (Å²) in [6.45, 7) is 2.53. The molecule has 0 radical (unpaired) electrons. The molecule has 6 heteroatoms. The Morgan fingerprint density at radius 3 is 2.52 bits per heavy atom. The molecule has 0 amide bonds. The maximum atomic E-state index is 13.6. The summed E-state index contributed by atoms with van der Waals surface area (Å²) in [4.78, 5) is 0.156. The molecule has 0 N–H and O–H groups in total. The summed E-state index contributed by atoms with van der Waals surface area (Å²) in [6, 6.07) is 12.9. The Morgan fingerprint density at radius 1 is 1.00 bits per heavy atom. The predicted molar refractivity (Wildman–Crippen MR) is 106 cm³/mol. The molecule has 1 saturated heterocycles. The normalized spacial score (nSPS) is 18.7. The topological polar surface area (TPSA) is 55.8 Å². The van der Waals surface area contributed by atoms with Crippen LogP contribution in [0.1, 0.15) is 42.9 Å². The third-order valence-corrected chi connectivity index (χ3v) is 7.02. The van der Waals surface area contributed by atoms with Crippen LogP contribution in [-0.4, -0.2) is 33.5 Å². The zero-order chi connectivity index (χ0) is 19.4. The van der Waals surface area contributed by atoms with Gasteiger partial charge in [-0.25, -0.2) is 8.42 Å². The first kappa shape index (κ1) is 19.7. The number of hydrogen-bond donors (Lipinski definition) is 0. The van der Waals surface area contributed by atoms with Gasteiger partial charge < -0.3 is 9.47 Å². The second-order valence-electron chi connectivity index (χ2n) is 6.91. The highest BCUT2D eigenvalue weighted by atomic mass is 32.2. The van der Waals surface area contributed by atoms with Crippen molar-refractivity contribution in [2.24, 2.45) is 0 Å². The molecule has 0 aromatic heterocycles. The highest BCUT2D eigenvalue weighted by Gasteiger charge is 2.35. The number of benzene rings is 2. The third kappa shape index (κ3) is 4.12. The monoisotopic (exact) mass is 389 g/mol. The largest absolute Gasteiger partial charge is 0.497 e. The van der Waals surface area contributed by atoms with E-state index in [1.807, 2.05) is 25.1 Å². The number of ether oxygens (including phenoxy) is 2. The summed E-state index contributed by atoms with van der Waals surface area (Å²) in [5.74, 6) is 0.833. The molecular formula is C21H27NO4S. The van der Waals surface area contributed by atoms with Gasteiger partial charge in [-0.3, -0.25) is 0 Å². The molecule has 0 saturated carbocycles. The fourth-order valence-corrected chi connectivity index (χ4v) is 5.55. The maximum absolute atomic E-state index is 13.6. The molecule has 146 valence electrons. The van der Waals surface area contributed by atoms with Crippen molar-refractivity contribution < 1.29 is 17.9 Å². The van der Waals surface area contributed by atoms with Gasteiger partial charge in [-0.2, -0.15) is 4.31 Å². The van der Waals surface area contributed by atoms with Crippen molar-refractivity contribution in [3.8, 4) is 11.5 Å². The van der Waals surface area contributed by atoms with Crippen molar-refractivity contribution in [2.45, 2.75) is 43.5 Å². The zero-order valence-corrected chi connectivity index (χ0v) is 17.0. The first-order valence-electron chi connectivity index (χ1n) is 9.28. The van der Waals surface area contributed by atoms with Gasteiger partial charge in [0.1, 0.15) is 16.4 Å². The van der Waals surface area contributed by atoms with E-state index in [1.54, 1.807) is 22.5 Å². The summed E-state index contributed by atoms with van der Waals surface area (Å²) >= 11 is 0. The van der Waals surface area contributed by atoms with Crippen molar-refractivity contribution in [1.29, 1.82) is 0 Å². The number of methoxy groups -OCH3 is 2. The van der Waals surface area contributed by atoms with Crippen molar-refractivity contribution in [3.63, 3.8) is 0 Å². The SMILES string of the molecule is COc1ccc(OC)c(S(=O)(=O)N2CCCCC[C@@H]2c2cccc(C)c2)c1. The van der Waals surface area contributed by atoms with Crippen LogP contribution in [0.15, 0.2) is 47.4 Å². The number of nitrogens with zero attached hydrogens (tertiary/aromatic N) is 1.